The molecule has 6 heteroatoms. The van der Waals surface area contributed by atoms with Crippen molar-refractivity contribution in [1.82, 2.24) is 4.98 Å². The number of anilines is 2. The summed E-state index contributed by atoms with van der Waals surface area (Å²) >= 11 is 1.76. The van der Waals surface area contributed by atoms with Crippen LogP contribution in [0.15, 0.2) is 48.5 Å². The van der Waals surface area contributed by atoms with Crippen molar-refractivity contribution in [3.63, 3.8) is 0 Å². The summed E-state index contributed by atoms with van der Waals surface area (Å²) in [7, 11) is 1.69. The third-order valence-corrected chi connectivity index (χ3v) is 5.35. The Morgan fingerprint density at radius 2 is 1.67 bits per heavy atom. The van der Waals surface area contributed by atoms with Crippen molar-refractivity contribution in [2.75, 3.05) is 43.1 Å². The van der Waals surface area contributed by atoms with Gasteiger partial charge < -0.3 is 14.5 Å². The number of aromatic nitrogens is 1. The van der Waals surface area contributed by atoms with E-state index in [0.29, 0.717) is 0 Å². The van der Waals surface area contributed by atoms with Gasteiger partial charge in [-0.1, -0.05) is 29.5 Å². The monoisotopic (exact) mass is 361 g/mol. The topological polar surface area (TPSA) is 28.6 Å². The second-order valence-corrected chi connectivity index (χ2v) is 6.65. The Balaban J connectivity index is 0.00000169. The van der Waals surface area contributed by atoms with Gasteiger partial charge in [0.25, 0.3) is 0 Å². The number of piperazine rings is 1. The van der Waals surface area contributed by atoms with E-state index in [1.165, 1.54) is 10.4 Å². The molecular weight excluding hydrogens is 342 g/mol. The Bertz CT molecular complexity index is 800. The van der Waals surface area contributed by atoms with Crippen LogP contribution in [0.3, 0.4) is 0 Å². The predicted molar refractivity (Wildman–Crippen MR) is 104 cm³/mol. The van der Waals surface area contributed by atoms with Crippen LogP contribution in [0.4, 0.5) is 10.8 Å². The van der Waals surface area contributed by atoms with E-state index in [1.54, 1.807) is 18.4 Å². The van der Waals surface area contributed by atoms with Crippen molar-refractivity contribution in [1.29, 1.82) is 0 Å². The van der Waals surface area contributed by atoms with Crippen LogP contribution in [0.2, 0.25) is 0 Å². The van der Waals surface area contributed by atoms with Gasteiger partial charge in [-0.3, -0.25) is 0 Å². The number of hydrogen-bond acceptors (Lipinski definition) is 5. The molecule has 1 aliphatic heterocycles. The summed E-state index contributed by atoms with van der Waals surface area (Å²) < 4.78 is 6.50. The van der Waals surface area contributed by atoms with Gasteiger partial charge in [0, 0.05) is 37.9 Å². The second-order valence-electron chi connectivity index (χ2n) is 5.64. The number of halogens is 1. The highest BCUT2D eigenvalue weighted by Gasteiger charge is 2.20. The quantitative estimate of drug-likeness (QED) is 0.703. The van der Waals surface area contributed by atoms with Crippen LogP contribution in [0.25, 0.3) is 10.2 Å². The number of ether oxygens (including phenoxy) is 1. The number of fused-ring (bicyclic) bond motifs is 1. The minimum absolute atomic E-state index is 0. The zero-order valence-corrected chi connectivity index (χ0v) is 15.1. The molecule has 2 heterocycles. The average molecular weight is 362 g/mol. The van der Waals surface area contributed by atoms with Crippen molar-refractivity contribution in [2.24, 2.45) is 0 Å². The highest BCUT2D eigenvalue weighted by atomic mass is 35.5. The maximum absolute atomic E-state index is 5.28. The third-order valence-electron chi connectivity index (χ3n) is 4.25. The van der Waals surface area contributed by atoms with Crippen molar-refractivity contribution < 1.29 is 4.74 Å². The van der Waals surface area contributed by atoms with E-state index >= 15 is 0 Å². The fourth-order valence-corrected chi connectivity index (χ4v) is 3.95. The van der Waals surface area contributed by atoms with Crippen molar-refractivity contribution in [3.8, 4) is 5.75 Å². The van der Waals surface area contributed by atoms with E-state index in [9.17, 15) is 0 Å². The highest BCUT2D eigenvalue weighted by molar-refractivity contribution is 7.22. The molecule has 1 saturated heterocycles. The molecule has 0 aliphatic carbocycles. The van der Waals surface area contributed by atoms with Crippen molar-refractivity contribution in [3.05, 3.63) is 48.5 Å². The molecule has 0 unspecified atom stereocenters. The second kappa shape index (κ2) is 7.28. The van der Waals surface area contributed by atoms with E-state index in [1.807, 2.05) is 12.1 Å². The molecule has 0 spiro atoms. The standard InChI is InChI=1S/C18H19N3OS.ClH/c1-22-15-7-8-17-16(13-15)19-18(23-17)21-11-9-20(10-12-21)14-5-3-2-4-6-14;/h2-8,13H,9-12H2,1H3;1H. The number of hydrogen-bond donors (Lipinski definition) is 0. The average Bonchev–Trinajstić information content (AvgIpc) is 3.05. The van der Waals surface area contributed by atoms with Crippen molar-refractivity contribution >= 4 is 44.8 Å². The first-order chi connectivity index (χ1) is 11.3. The number of rotatable bonds is 3. The van der Waals surface area contributed by atoms with Crippen LogP contribution < -0.4 is 14.5 Å². The van der Waals surface area contributed by atoms with Crippen LogP contribution in [-0.4, -0.2) is 38.3 Å². The molecule has 0 atom stereocenters. The molecule has 1 aliphatic rings. The van der Waals surface area contributed by atoms with Crippen molar-refractivity contribution in [2.45, 2.75) is 0 Å². The number of thiazole rings is 1. The maximum atomic E-state index is 5.28. The summed E-state index contributed by atoms with van der Waals surface area (Å²) in [5, 5.41) is 1.11. The lowest BCUT2D eigenvalue weighted by Gasteiger charge is -2.35. The Hall–Kier alpha value is -1.98. The smallest absolute Gasteiger partial charge is 0.186 e. The Labute approximate surface area is 152 Å². The van der Waals surface area contributed by atoms with Gasteiger partial charge in [0.15, 0.2) is 5.13 Å². The maximum Gasteiger partial charge on any atom is 0.186 e. The minimum Gasteiger partial charge on any atom is -0.497 e. The van der Waals surface area contributed by atoms with Crippen LogP contribution in [0.5, 0.6) is 5.75 Å². The molecule has 1 fully saturated rings. The van der Waals surface area contributed by atoms with Gasteiger partial charge in [0.2, 0.25) is 0 Å². The zero-order chi connectivity index (χ0) is 15.6. The number of benzene rings is 2. The molecule has 126 valence electrons. The zero-order valence-electron chi connectivity index (χ0n) is 13.5. The molecule has 4 nitrogen and oxygen atoms in total. The first-order valence-electron chi connectivity index (χ1n) is 7.83. The molecule has 0 bridgehead atoms. The van der Waals surface area contributed by atoms with E-state index in [2.05, 4.69) is 46.2 Å². The fourth-order valence-electron chi connectivity index (χ4n) is 2.95. The largest absolute Gasteiger partial charge is 0.497 e. The normalized spacial score (nSPS) is 14.5. The van der Waals surface area contributed by atoms with E-state index in [0.717, 1.165) is 42.6 Å². The molecule has 0 saturated carbocycles. The number of nitrogens with zero attached hydrogens (tertiary/aromatic N) is 3. The molecule has 0 N–H and O–H groups in total. The Kier molecular flexibility index (Phi) is 5.11. The lowest BCUT2D eigenvalue weighted by molar-refractivity contribution is 0.415. The lowest BCUT2D eigenvalue weighted by Crippen LogP contribution is -2.46. The minimum atomic E-state index is 0. The van der Waals surface area contributed by atoms with Gasteiger partial charge >= 0.3 is 0 Å². The summed E-state index contributed by atoms with van der Waals surface area (Å²) in [6.45, 7) is 4.07. The molecule has 3 aromatic rings. The molecule has 2 aromatic carbocycles. The van der Waals surface area contributed by atoms with Gasteiger partial charge in [-0.25, -0.2) is 4.98 Å². The van der Waals surface area contributed by atoms with Crippen LogP contribution in [0.1, 0.15) is 0 Å². The van der Waals surface area contributed by atoms with Crippen LogP contribution in [0, 0.1) is 0 Å². The number of para-hydroxylation sites is 1. The molecule has 4 rings (SSSR count). The predicted octanol–water partition coefficient (Wildman–Crippen LogP) is 4.05. The van der Waals surface area contributed by atoms with E-state index < -0.39 is 0 Å². The van der Waals surface area contributed by atoms with Gasteiger partial charge in [-0.15, -0.1) is 12.4 Å². The van der Waals surface area contributed by atoms with E-state index in [4.69, 9.17) is 9.72 Å². The van der Waals surface area contributed by atoms with Crippen LogP contribution >= 0.6 is 23.7 Å². The fraction of sp³-hybridized carbons (Fsp3) is 0.278. The first kappa shape index (κ1) is 16.9. The molecular formula is C18H20ClN3OS. The van der Waals surface area contributed by atoms with E-state index in [-0.39, 0.29) is 12.4 Å². The summed E-state index contributed by atoms with van der Waals surface area (Å²) in [5.74, 6) is 0.864. The summed E-state index contributed by atoms with van der Waals surface area (Å²) in [6.07, 6.45) is 0. The number of methoxy groups -OCH3 is 1. The first-order valence-corrected chi connectivity index (χ1v) is 8.65. The lowest BCUT2D eigenvalue weighted by atomic mass is 10.2. The highest BCUT2D eigenvalue weighted by Crippen LogP contribution is 2.31. The van der Waals surface area contributed by atoms with Gasteiger partial charge in [-0.05, 0) is 24.3 Å². The molecule has 0 radical (unpaired) electrons. The SMILES string of the molecule is COc1ccc2sc(N3CCN(c4ccccc4)CC3)nc2c1.Cl. The molecule has 1 aromatic heterocycles. The van der Waals surface area contributed by atoms with Gasteiger partial charge in [0.1, 0.15) is 5.75 Å². The third kappa shape index (κ3) is 3.28. The van der Waals surface area contributed by atoms with Gasteiger partial charge in [-0.2, -0.15) is 0 Å². The molecule has 0 amide bonds. The van der Waals surface area contributed by atoms with Crippen LogP contribution in [-0.2, 0) is 0 Å². The Morgan fingerprint density at radius 1 is 0.958 bits per heavy atom. The summed E-state index contributed by atoms with van der Waals surface area (Å²) in [5.41, 5.74) is 2.33. The Morgan fingerprint density at radius 3 is 2.38 bits per heavy atom. The molecule has 24 heavy (non-hydrogen) atoms. The summed E-state index contributed by atoms with van der Waals surface area (Å²) in [6, 6.07) is 16.7. The summed E-state index contributed by atoms with van der Waals surface area (Å²) in [4.78, 5) is 9.61. The van der Waals surface area contributed by atoms with Gasteiger partial charge in [0.05, 0.1) is 17.3 Å².